The molecule has 2 heteroatoms. The maximum atomic E-state index is 14.8. The number of rotatable bonds is 9. The molecule has 4 rings (SSSR count). The van der Waals surface area contributed by atoms with Crippen molar-refractivity contribution < 1.29 is 4.39 Å². The largest absolute Gasteiger partial charge is 0.206 e. The van der Waals surface area contributed by atoms with Gasteiger partial charge < -0.3 is 0 Å². The molecular formula is C31H38FSi. The van der Waals surface area contributed by atoms with Gasteiger partial charge in [0.1, 0.15) is 5.82 Å². The van der Waals surface area contributed by atoms with E-state index in [0.717, 1.165) is 42.7 Å². The van der Waals surface area contributed by atoms with Gasteiger partial charge in [-0.1, -0.05) is 105 Å². The Morgan fingerprint density at radius 1 is 0.727 bits per heavy atom. The molecule has 1 aliphatic rings. The maximum absolute atomic E-state index is 14.8. The summed E-state index contributed by atoms with van der Waals surface area (Å²) in [6, 6.07) is 27.9. The van der Waals surface area contributed by atoms with Gasteiger partial charge in [0.25, 0.3) is 0 Å². The molecule has 1 saturated heterocycles. The van der Waals surface area contributed by atoms with Gasteiger partial charge in [-0.3, -0.25) is 0 Å². The highest BCUT2D eigenvalue weighted by molar-refractivity contribution is 6.59. The molecule has 1 aliphatic heterocycles. The molecule has 1 fully saturated rings. The van der Waals surface area contributed by atoms with Crippen LogP contribution < -0.4 is 0 Å². The summed E-state index contributed by atoms with van der Waals surface area (Å²) in [4.78, 5) is 0. The number of halogens is 1. The van der Waals surface area contributed by atoms with E-state index in [0.29, 0.717) is 5.56 Å². The minimum absolute atomic E-state index is 0.0446. The van der Waals surface area contributed by atoms with Crippen LogP contribution in [0.3, 0.4) is 0 Å². The lowest BCUT2D eigenvalue weighted by molar-refractivity contribution is 0.605. The number of aryl methyl sites for hydroxylation is 3. The van der Waals surface area contributed by atoms with Crippen molar-refractivity contribution in [1.82, 2.24) is 0 Å². The third kappa shape index (κ3) is 6.44. The second-order valence-electron chi connectivity index (χ2n) is 9.78. The summed E-state index contributed by atoms with van der Waals surface area (Å²) in [6.07, 6.45) is 8.18. The monoisotopic (exact) mass is 457 g/mol. The Kier molecular flexibility index (Phi) is 8.55. The third-order valence-electron chi connectivity index (χ3n) is 7.29. The van der Waals surface area contributed by atoms with Crippen molar-refractivity contribution in [2.45, 2.75) is 82.8 Å². The van der Waals surface area contributed by atoms with E-state index in [1.165, 1.54) is 54.1 Å². The van der Waals surface area contributed by atoms with Gasteiger partial charge in [-0.15, -0.1) is 0 Å². The van der Waals surface area contributed by atoms with Crippen LogP contribution in [0.4, 0.5) is 4.39 Å². The van der Waals surface area contributed by atoms with E-state index in [-0.39, 0.29) is 14.6 Å². The standard InChI is InChI=1S/C31H38FSi/c1-3-5-24-10-15-29(16-11-24)30-17-12-26(23-31(30)32)7-6-25-8-13-27(14-9-25)28-18-21-33(20-4-2)22-19-28/h8-17,23,28H,3-7,18-22H2,1-2H3. The molecule has 0 N–H and O–H groups in total. The van der Waals surface area contributed by atoms with Crippen molar-refractivity contribution in [1.29, 1.82) is 0 Å². The lowest BCUT2D eigenvalue weighted by atomic mass is 9.92. The van der Waals surface area contributed by atoms with Gasteiger partial charge in [-0.2, -0.15) is 0 Å². The van der Waals surface area contributed by atoms with E-state index in [2.05, 4.69) is 56.3 Å². The lowest BCUT2D eigenvalue weighted by Gasteiger charge is -2.27. The van der Waals surface area contributed by atoms with Crippen LogP contribution in [0, 0.1) is 5.82 Å². The Labute approximate surface area is 201 Å². The molecule has 0 spiro atoms. The smallest absolute Gasteiger partial charge is 0.131 e. The molecule has 3 aromatic carbocycles. The minimum Gasteiger partial charge on any atom is -0.206 e. The molecule has 0 atom stereocenters. The maximum Gasteiger partial charge on any atom is 0.131 e. The van der Waals surface area contributed by atoms with Crippen LogP contribution in [0.1, 0.15) is 67.7 Å². The molecule has 1 radical (unpaired) electrons. The van der Waals surface area contributed by atoms with Crippen LogP contribution in [0.15, 0.2) is 66.7 Å². The molecule has 0 saturated carbocycles. The first-order valence-corrected chi connectivity index (χ1v) is 15.1. The topological polar surface area (TPSA) is 0 Å². The first kappa shape index (κ1) is 23.9. The molecule has 0 unspecified atom stereocenters. The van der Waals surface area contributed by atoms with Crippen LogP contribution in [0.2, 0.25) is 18.1 Å². The molecule has 0 nitrogen and oxygen atoms in total. The Hall–Kier alpha value is -2.19. The summed E-state index contributed by atoms with van der Waals surface area (Å²) in [6.45, 7) is 4.51. The highest BCUT2D eigenvalue weighted by atomic mass is 28.3. The van der Waals surface area contributed by atoms with Crippen molar-refractivity contribution in [2.75, 3.05) is 0 Å². The van der Waals surface area contributed by atoms with E-state index < -0.39 is 0 Å². The Bertz CT molecular complexity index is 998. The van der Waals surface area contributed by atoms with Gasteiger partial charge in [0.05, 0.1) is 0 Å². The van der Waals surface area contributed by atoms with Gasteiger partial charge in [0, 0.05) is 14.4 Å². The van der Waals surface area contributed by atoms with Crippen LogP contribution in [-0.2, 0) is 19.3 Å². The predicted octanol–water partition coefficient (Wildman–Crippen LogP) is 9.01. The van der Waals surface area contributed by atoms with Crippen molar-refractivity contribution in [3.05, 3.63) is 94.8 Å². The Morgan fingerprint density at radius 3 is 1.97 bits per heavy atom. The van der Waals surface area contributed by atoms with E-state index in [1.54, 1.807) is 6.07 Å². The molecule has 0 aliphatic carbocycles. The van der Waals surface area contributed by atoms with Crippen LogP contribution in [0.5, 0.6) is 0 Å². The fourth-order valence-corrected chi connectivity index (χ4v) is 8.27. The van der Waals surface area contributed by atoms with Gasteiger partial charge >= 0.3 is 0 Å². The zero-order valence-electron chi connectivity index (χ0n) is 20.4. The van der Waals surface area contributed by atoms with E-state index in [4.69, 9.17) is 0 Å². The molecule has 1 heterocycles. The third-order valence-corrected chi connectivity index (χ3v) is 10.5. The molecule has 0 bridgehead atoms. The summed E-state index contributed by atoms with van der Waals surface area (Å²) in [5, 5.41) is 0. The van der Waals surface area contributed by atoms with E-state index >= 15 is 0 Å². The number of benzene rings is 3. The molecule has 33 heavy (non-hydrogen) atoms. The normalized spacial score (nSPS) is 15.1. The summed E-state index contributed by atoms with van der Waals surface area (Å²) in [5.41, 5.74) is 6.91. The second kappa shape index (κ2) is 11.8. The van der Waals surface area contributed by atoms with Gasteiger partial charge in [0.15, 0.2) is 0 Å². The van der Waals surface area contributed by atoms with Gasteiger partial charge in [0.2, 0.25) is 0 Å². The Balaban J connectivity index is 1.32. The highest BCUT2D eigenvalue weighted by Crippen LogP contribution is 2.35. The predicted molar refractivity (Wildman–Crippen MR) is 142 cm³/mol. The van der Waals surface area contributed by atoms with Gasteiger partial charge in [-0.25, -0.2) is 4.39 Å². The van der Waals surface area contributed by atoms with E-state index in [1.807, 2.05) is 18.2 Å². The molecule has 0 amide bonds. The zero-order chi connectivity index (χ0) is 23.0. The summed E-state index contributed by atoms with van der Waals surface area (Å²) < 4.78 is 14.8. The first-order chi connectivity index (χ1) is 16.2. The summed E-state index contributed by atoms with van der Waals surface area (Å²) in [5.74, 6) is 0.648. The van der Waals surface area contributed by atoms with E-state index in [9.17, 15) is 4.39 Å². The molecule has 173 valence electrons. The average Bonchev–Trinajstić information content (AvgIpc) is 2.85. The highest BCUT2D eigenvalue weighted by Gasteiger charge is 2.22. The van der Waals surface area contributed by atoms with Gasteiger partial charge in [-0.05, 0) is 71.9 Å². The van der Waals surface area contributed by atoms with Crippen molar-refractivity contribution >= 4 is 8.80 Å². The molecule has 0 aromatic heterocycles. The summed E-state index contributed by atoms with van der Waals surface area (Å²) >= 11 is 0. The quantitative estimate of drug-likeness (QED) is 0.281. The van der Waals surface area contributed by atoms with Crippen LogP contribution in [-0.4, -0.2) is 8.80 Å². The molecule has 3 aromatic rings. The SMILES string of the molecule is CCCc1ccc(-c2ccc(CCc3ccc(C4CC[Si](CCC)CC4)cc3)cc2F)cc1. The van der Waals surface area contributed by atoms with Crippen molar-refractivity contribution in [2.24, 2.45) is 0 Å². The Morgan fingerprint density at radius 2 is 1.33 bits per heavy atom. The zero-order valence-corrected chi connectivity index (χ0v) is 21.4. The average molecular weight is 458 g/mol. The molecular weight excluding hydrogens is 419 g/mol. The minimum atomic E-state index is -0.118. The first-order valence-electron chi connectivity index (χ1n) is 13.0. The lowest BCUT2D eigenvalue weighted by Crippen LogP contribution is -2.20. The fraction of sp³-hybridized carbons (Fsp3) is 0.419. The number of hydrogen-bond acceptors (Lipinski definition) is 0. The fourth-order valence-electron chi connectivity index (χ4n) is 5.30. The van der Waals surface area contributed by atoms with Crippen LogP contribution >= 0.6 is 0 Å². The number of hydrogen-bond donors (Lipinski definition) is 0. The van der Waals surface area contributed by atoms with Crippen LogP contribution in [0.25, 0.3) is 11.1 Å². The van der Waals surface area contributed by atoms with Crippen molar-refractivity contribution in [3.8, 4) is 11.1 Å². The second-order valence-corrected chi connectivity index (χ2v) is 12.8. The van der Waals surface area contributed by atoms with Crippen molar-refractivity contribution in [3.63, 3.8) is 0 Å². The summed E-state index contributed by atoms with van der Waals surface area (Å²) in [7, 11) is -0.0446.